The monoisotopic (exact) mass is 376 g/mol. The Bertz CT molecular complexity index is 897. The van der Waals surface area contributed by atoms with E-state index in [0.717, 1.165) is 12.1 Å². The van der Waals surface area contributed by atoms with Gasteiger partial charge in [-0.15, -0.1) is 0 Å². The molecule has 1 aliphatic rings. The fraction of sp³-hybridized carbons (Fsp3) is 0.263. The number of carbonyl (C=O) groups excluding carboxylic acids is 2. The fourth-order valence-corrected chi connectivity index (χ4v) is 2.66. The Kier molecular flexibility index (Phi) is 4.98. The van der Waals surface area contributed by atoms with Crippen molar-refractivity contribution in [2.45, 2.75) is 12.8 Å². The largest absolute Gasteiger partial charge is 0.497 e. The van der Waals surface area contributed by atoms with Crippen molar-refractivity contribution in [2.75, 3.05) is 24.9 Å². The highest BCUT2D eigenvalue weighted by Crippen LogP contribution is 2.48. The van der Waals surface area contributed by atoms with Gasteiger partial charge in [-0.25, -0.2) is 8.78 Å². The van der Waals surface area contributed by atoms with E-state index in [1.165, 1.54) is 14.2 Å². The van der Waals surface area contributed by atoms with Crippen molar-refractivity contribution in [3.8, 4) is 11.5 Å². The van der Waals surface area contributed by atoms with E-state index < -0.39 is 28.9 Å². The molecule has 2 N–H and O–H groups in total. The second-order valence-corrected chi connectivity index (χ2v) is 6.18. The molecule has 8 heteroatoms. The van der Waals surface area contributed by atoms with E-state index in [2.05, 4.69) is 10.6 Å². The summed E-state index contributed by atoms with van der Waals surface area (Å²) in [5.41, 5.74) is -1.09. The number of hydrogen-bond donors (Lipinski definition) is 2. The van der Waals surface area contributed by atoms with Crippen LogP contribution < -0.4 is 20.1 Å². The Labute approximate surface area is 154 Å². The van der Waals surface area contributed by atoms with Gasteiger partial charge in [-0.2, -0.15) is 0 Å². The molecule has 0 saturated heterocycles. The van der Waals surface area contributed by atoms with Crippen LogP contribution in [0, 0.1) is 17.0 Å². The molecule has 2 amide bonds. The zero-order valence-corrected chi connectivity index (χ0v) is 14.8. The lowest BCUT2D eigenvalue weighted by Gasteiger charge is -2.17. The lowest BCUT2D eigenvalue weighted by atomic mass is 10.0. The van der Waals surface area contributed by atoms with Crippen molar-refractivity contribution in [2.24, 2.45) is 5.41 Å². The van der Waals surface area contributed by atoms with Crippen LogP contribution in [0.2, 0.25) is 0 Å². The minimum absolute atomic E-state index is 0.178. The van der Waals surface area contributed by atoms with E-state index in [4.69, 9.17) is 9.47 Å². The number of halogens is 2. The highest BCUT2D eigenvalue weighted by atomic mass is 19.1. The maximum absolute atomic E-state index is 13.8. The van der Waals surface area contributed by atoms with Gasteiger partial charge in [0.25, 0.3) is 0 Å². The molecule has 1 saturated carbocycles. The standard InChI is InChI=1S/C19H18F2N2O4/c1-26-12-4-6-15(16(10-12)27-2)23-18(25)19(7-8-19)17(24)22-14-5-3-11(20)9-13(14)21/h3-6,9-10H,7-8H2,1-2H3,(H,22,24)(H,23,25). The van der Waals surface area contributed by atoms with E-state index in [1.54, 1.807) is 18.2 Å². The van der Waals surface area contributed by atoms with Gasteiger partial charge in [-0.1, -0.05) is 0 Å². The second kappa shape index (κ2) is 7.22. The van der Waals surface area contributed by atoms with Crippen LogP contribution in [0.15, 0.2) is 36.4 Å². The Balaban J connectivity index is 1.75. The molecule has 0 aromatic heterocycles. The third-order valence-corrected chi connectivity index (χ3v) is 4.46. The Morgan fingerprint density at radius 1 is 0.926 bits per heavy atom. The van der Waals surface area contributed by atoms with Crippen LogP contribution in [0.5, 0.6) is 11.5 Å². The summed E-state index contributed by atoms with van der Waals surface area (Å²) in [6.45, 7) is 0. The molecule has 0 bridgehead atoms. The summed E-state index contributed by atoms with van der Waals surface area (Å²) in [6.07, 6.45) is 0.651. The van der Waals surface area contributed by atoms with Crippen LogP contribution in [0.25, 0.3) is 0 Å². The van der Waals surface area contributed by atoms with Crippen molar-refractivity contribution in [3.63, 3.8) is 0 Å². The summed E-state index contributed by atoms with van der Waals surface area (Å²) in [4.78, 5) is 25.2. The third kappa shape index (κ3) is 3.69. The first kappa shape index (κ1) is 18.6. The zero-order valence-electron chi connectivity index (χ0n) is 14.8. The van der Waals surface area contributed by atoms with Crippen LogP contribution in [0.4, 0.5) is 20.2 Å². The van der Waals surface area contributed by atoms with Crippen LogP contribution in [0.1, 0.15) is 12.8 Å². The predicted octanol–water partition coefficient (Wildman–Crippen LogP) is 3.34. The molecular weight excluding hydrogens is 358 g/mol. The Morgan fingerprint density at radius 2 is 1.56 bits per heavy atom. The van der Waals surface area contributed by atoms with Gasteiger partial charge in [0.05, 0.1) is 25.6 Å². The highest BCUT2D eigenvalue weighted by Gasteiger charge is 2.56. The normalized spacial score (nSPS) is 14.2. The molecule has 2 aromatic rings. The summed E-state index contributed by atoms with van der Waals surface area (Å²) in [5.74, 6) is -1.89. The van der Waals surface area contributed by atoms with Crippen molar-refractivity contribution in [1.82, 2.24) is 0 Å². The van der Waals surface area contributed by atoms with Gasteiger partial charge >= 0.3 is 0 Å². The molecule has 3 rings (SSSR count). The first-order valence-electron chi connectivity index (χ1n) is 8.19. The second-order valence-electron chi connectivity index (χ2n) is 6.18. The summed E-state index contributed by atoms with van der Waals surface area (Å²) in [6, 6.07) is 7.65. The first-order chi connectivity index (χ1) is 12.9. The number of hydrogen-bond acceptors (Lipinski definition) is 4. The van der Waals surface area contributed by atoms with Crippen LogP contribution in [-0.2, 0) is 9.59 Å². The lowest BCUT2D eigenvalue weighted by molar-refractivity contribution is -0.131. The van der Waals surface area contributed by atoms with Gasteiger partial charge in [-0.3, -0.25) is 9.59 Å². The van der Waals surface area contributed by atoms with E-state index in [0.29, 0.717) is 36.1 Å². The van der Waals surface area contributed by atoms with Crippen LogP contribution in [-0.4, -0.2) is 26.0 Å². The molecular formula is C19H18F2N2O4. The molecule has 0 unspecified atom stereocenters. The molecule has 0 radical (unpaired) electrons. The van der Waals surface area contributed by atoms with Crippen molar-refractivity contribution >= 4 is 23.2 Å². The average molecular weight is 376 g/mol. The summed E-state index contributed by atoms with van der Waals surface area (Å²) >= 11 is 0. The number of anilines is 2. The maximum atomic E-state index is 13.8. The van der Waals surface area contributed by atoms with E-state index in [1.807, 2.05) is 0 Å². The van der Waals surface area contributed by atoms with Crippen molar-refractivity contribution < 1.29 is 27.8 Å². The maximum Gasteiger partial charge on any atom is 0.240 e. The molecule has 0 spiro atoms. The minimum Gasteiger partial charge on any atom is -0.497 e. The number of methoxy groups -OCH3 is 2. The summed E-state index contributed by atoms with van der Waals surface area (Å²) < 4.78 is 37.1. The van der Waals surface area contributed by atoms with Crippen molar-refractivity contribution in [3.05, 3.63) is 48.0 Å². The van der Waals surface area contributed by atoms with E-state index in [-0.39, 0.29) is 5.69 Å². The molecule has 2 aromatic carbocycles. The molecule has 6 nitrogen and oxygen atoms in total. The van der Waals surface area contributed by atoms with E-state index >= 15 is 0 Å². The first-order valence-corrected chi connectivity index (χ1v) is 8.19. The van der Waals surface area contributed by atoms with Gasteiger partial charge in [0, 0.05) is 12.1 Å². The average Bonchev–Trinajstić information content (AvgIpc) is 3.46. The molecule has 142 valence electrons. The minimum atomic E-state index is -1.30. The number of ether oxygens (including phenoxy) is 2. The quantitative estimate of drug-likeness (QED) is 0.758. The van der Waals surface area contributed by atoms with Gasteiger partial charge < -0.3 is 20.1 Å². The number of rotatable bonds is 6. The van der Waals surface area contributed by atoms with E-state index in [9.17, 15) is 18.4 Å². The highest BCUT2D eigenvalue weighted by molar-refractivity contribution is 6.17. The molecule has 1 aliphatic carbocycles. The smallest absolute Gasteiger partial charge is 0.240 e. The molecule has 0 heterocycles. The predicted molar refractivity (Wildman–Crippen MR) is 94.8 cm³/mol. The molecule has 0 aliphatic heterocycles. The van der Waals surface area contributed by atoms with Gasteiger partial charge in [0.15, 0.2) is 0 Å². The number of nitrogens with one attached hydrogen (secondary N) is 2. The lowest BCUT2D eigenvalue weighted by Crippen LogP contribution is -2.36. The fourth-order valence-electron chi connectivity index (χ4n) is 2.66. The van der Waals surface area contributed by atoms with Gasteiger partial charge in [0.2, 0.25) is 11.8 Å². The van der Waals surface area contributed by atoms with Crippen LogP contribution >= 0.6 is 0 Å². The SMILES string of the molecule is COc1ccc(NC(=O)C2(C(=O)Nc3ccc(F)cc3F)CC2)c(OC)c1. The topological polar surface area (TPSA) is 76.7 Å². The zero-order chi connectivity index (χ0) is 19.6. The van der Waals surface area contributed by atoms with Gasteiger partial charge in [0.1, 0.15) is 28.5 Å². The number of benzene rings is 2. The number of carbonyl (C=O) groups is 2. The Morgan fingerprint density at radius 3 is 2.11 bits per heavy atom. The Hall–Kier alpha value is -3.16. The third-order valence-electron chi connectivity index (χ3n) is 4.46. The van der Waals surface area contributed by atoms with Crippen LogP contribution in [0.3, 0.4) is 0 Å². The molecule has 1 fully saturated rings. The summed E-state index contributed by atoms with van der Waals surface area (Å²) in [7, 11) is 2.95. The van der Waals surface area contributed by atoms with Gasteiger partial charge in [-0.05, 0) is 37.1 Å². The molecule has 0 atom stereocenters. The van der Waals surface area contributed by atoms with Crippen molar-refractivity contribution in [1.29, 1.82) is 0 Å². The summed E-state index contributed by atoms with van der Waals surface area (Å²) in [5, 5.41) is 5.03. The molecule has 27 heavy (non-hydrogen) atoms. The number of amides is 2.